The van der Waals surface area contributed by atoms with Gasteiger partial charge in [-0.25, -0.2) is 5.84 Å². The minimum Gasteiger partial charge on any atom is -0.333 e. The van der Waals surface area contributed by atoms with Crippen molar-refractivity contribution in [3.05, 3.63) is 41.1 Å². The standard InChI is InChI=1S/C13H15N5OS/c14-15-12-11(16-17-20-12)8-18-7-3-5-9-4-1-2-6-10(9)13(18)19/h1-2,4,6,15H,3,5,7-8,14H2. The van der Waals surface area contributed by atoms with Gasteiger partial charge in [-0.05, 0) is 24.5 Å². The molecule has 1 aliphatic heterocycles. The lowest BCUT2D eigenvalue weighted by Crippen LogP contribution is -2.31. The van der Waals surface area contributed by atoms with E-state index in [0.29, 0.717) is 17.2 Å². The second-order valence-corrected chi connectivity index (χ2v) is 5.43. The first kappa shape index (κ1) is 13.0. The Morgan fingerprint density at radius 3 is 3.10 bits per heavy atom. The molecule has 104 valence electrons. The Hall–Kier alpha value is -1.99. The van der Waals surface area contributed by atoms with Gasteiger partial charge in [-0.2, -0.15) is 0 Å². The van der Waals surface area contributed by atoms with Crippen LogP contribution in [0.4, 0.5) is 5.00 Å². The van der Waals surface area contributed by atoms with Gasteiger partial charge in [0.1, 0.15) is 10.7 Å². The monoisotopic (exact) mass is 289 g/mol. The lowest BCUT2D eigenvalue weighted by atomic mass is 10.0. The van der Waals surface area contributed by atoms with Crippen molar-refractivity contribution in [2.24, 2.45) is 5.84 Å². The van der Waals surface area contributed by atoms with E-state index in [4.69, 9.17) is 5.84 Å². The van der Waals surface area contributed by atoms with Crippen LogP contribution in [-0.4, -0.2) is 26.9 Å². The lowest BCUT2D eigenvalue weighted by Gasteiger charge is -2.20. The maximum Gasteiger partial charge on any atom is 0.254 e. The number of nitrogens with one attached hydrogen (secondary N) is 1. The topological polar surface area (TPSA) is 84.1 Å². The zero-order valence-electron chi connectivity index (χ0n) is 10.9. The number of rotatable bonds is 3. The number of benzene rings is 1. The molecule has 6 nitrogen and oxygen atoms in total. The third-order valence-electron chi connectivity index (χ3n) is 3.44. The van der Waals surface area contributed by atoms with E-state index in [-0.39, 0.29) is 5.91 Å². The average molecular weight is 289 g/mol. The Bertz CT molecular complexity index is 627. The Balaban J connectivity index is 1.86. The number of hydrogen-bond acceptors (Lipinski definition) is 6. The minimum absolute atomic E-state index is 0.0501. The molecule has 1 aliphatic rings. The van der Waals surface area contributed by atoms with E-state index in [1.807, 2.05) is 29.2 Å². The first-order valence-electron chi connectivity index (χ1n) is 6.44. The molecule has 0 saturated carbocycles. The van der Waals surface area contributed by atoms with Gasteiger partial charge in [-0.15, -0.1) is 5.10 Å². The van der Waals surface area contributed by atoms with Crippen LogP contribution in [-0.2, 0) is 13.0 Å². The molecule has 3 rings (SSSR count). The molecule has 1 aromatic heterocycles. The number of hydrazine groups is 1. The number of amides is 1. The molecule has 0 fully saturated rings. The van der Waals surface area contributed by atoms with Crippen molar-refractivity contribution in [2.75, 3.05) is 12.0 Å². The SMILES string of the molecule is NNc1snnc1CN1CCCc2ccccc2C1=O. The van der Waals surface area contributed by atoms with Gasteiger partial charge in [0.15, 0.2) is 0 Å². The van der Waals surface area contributed by atoms with Gasteiger partial charge < -0.3 is 10.3 Å². The average Bonchev–Trinajstić information content (AvgIpc) is 2.86. The van der Waals surface area contributed by atoms with E-state index in [2.05, 4.69) is 15.0 Å². The minimum atomic E-state index is 0.0501. The van der Waals surface area contributed by atoms with Crippen molar-refractivity contribution < 1.29 is 4.79 Å². The number of anilines is 1. The van der Waals surface area contributed by atoms with Crippen LogP contribution in [0.5, 0.6) is 0 Å². The number of fused-ring (bicyclic) bond motifs is 1. The normalized spacial score (nSPS) is 14.8. The molecule has 20 heavy (non-hydrogen) atoms. The van der Waals surface area contributed by atoms with Gasteiger partial charge in [0.25, 0.3) is 5.91 Å². The van der Waals surface area contributed by atoms with Crippen LogP contribution in [0, 0.1) is 0 Å². The van der Waals surface area contributed by atoms with Crippen LogP contribution < -0.4 is 11.3 Å². The summed E-state index contributed by atoms with van der Waals surface area (Å²) in [6.07, 6.45) is 1.88. The largest absolute Gasteiger partial charge is 0.333 e. The predicted molar refractivity (Wildman–Crippen MR) is 77.2 cm³/mol. The quantitative estimate of drug-likeness (QED) is 0.659. The number of hydrogen-bond donors (Lipinski definition) is 2. The summed E-state index contributed by atoms with van der Waals surface area (Å²) in [4.78, 5) is 14.4. The molecular weight excluding hydrogens is 274 g/mol. The van der Waals surface area contributed by atoms with E-state index in [9.17, 15) is 4.79 Å². The summed E-state index contributed by atoms with van der Waals surface area (Å²) < 4.78 is 3.86. The highest BCUT2D eigenvalue weighted by Crippen LogP contribution is 2.23. The maximum absolute atomic E-state index is 12.6. The molecule has 1 amide bonds. The van der Waals surface area contributed by atoms with Crippen molar-refractivity contribution in [3.63, 3.8) is 0 Å². The highest BCUT2D eigenvalue weighted by atomic mass is 32.1. The summed E-state index contributed by atoms with van der Waals surface area (Å²) in [6, 6.07) is 7.78. The fraction of sp³-hybridized carbons (Fsp3) is 0.308. The van der Waals surface area contributed by atoms with Gasteiger partial charge in [-0.1, -0.05) is 22.7 Å². The molecular formula is C13H15N5OS. The predicted octanol–water partition coefficient (Wildman–Crippen LogP) is 1.41. The van der Waals surface area contributed by atoms with Crippen molar-refractivity contribution >= 4 is 22.4 Å². The van der Waals surface area contributed by atoms with Crippen LogP contribution in [0.2, 0.25) is 0 Å². The van der Waals surface area contributed by atoms with Crippen LogP contribution in [0.25, 0.3) is 0 Å². The Labute approximate surface area is 120 Å². The first-order chi connectivity index (χ1) is 9.79. The molecule has 7 heteroatoms. The number of nitrogens with zero attached hydrogens (tertiary/aromatic N) is 3. The third-order valence-corrected chi connectivity index (χ3v) is 4.14. The number of aromatic nitrogens is 2. The van der Waals surface area contributed by atoms with Gasteiger partial charge in [0, 0.05) is 23.6 Å². The second kappa shape index (κ2) is 5.56. The highest BCUT2D eigenvalue weighted by molar-refractivity contribution is 7.10. The molecule has 2 aromatic rings. The molecule has 0 radical (unpaired) electrons. The summed E-state index contributed by atoms with van der Waals surface area (Å²) >= 11 is 1.19. The lowest BCUT2D eigenvalue weighted by molar-refractivity contribution is 0.0747. The van der Waals surface area contributed by atoms with Crippen LogP contribution in [0.15, 0.2) is 24.3 Å². The highest BCUT2D eigenvalue weighted by Gasteiger charge is 2.23. The second-order valence-electron chi connectivity index (χ2n) is 4.68. The Kier molecular flexibility index (Phi) is 3.62. The molecule has 0 saturated heterocycles. The summed E-state index contributed by atoms with van der Waals surface area (Å²) in [5.74, 6) is 5.47. The van der Waals surface area contributed by atoms with Crippen LogP contribution in [0.3, 0.4) is 0 Å². The fourth-order valence-corrected chi connectivity index (χ4v) is 2.92. The maximum atomic E-state index is 12.6. The van der Waals surface area contributed by atoms with Crippen molar-refractivity contribution in [2.45, 2.75) is 19.4 Å². The fourth-order valence-electron chi connectivity index (χ4n) is 2.43. The number of nitrogen functional groups attached to an aromatic ring is 1. The summed E-state index contributed by atoms with van der Waals surface area (Å²) in [5, 5.41) is 4.74. The number of carbonyl (C=O) groups excluding carboxylic acids is 1. The van der Waals surface area contributed by atoms with Gasteiger partial charge in [0.2, 0.25) is 0 Å². The van der Waals surface area contributed by atoms with Crippen LogP contribution >= 0.6 is 11.5 Å². The third kappa shape index (κ3) is 2.37. The summed E-state index contributed by atoms with van der Waals surface area (Å²) in [6.45, 7) is 1.15. The van der Waals surface area contributed by atoms with Crippen molar-refractivity contribution in [1.82, 2.24) is 14.5 Å². The molecule has 0 unspecified atom stereocenters. The first-order valence-corrected chi connectivity index (χ1v) is 7.22. The Morgan fingerprint density at radius 1 is 1.40 bits per heavy atom. The number of carbonyl (C=O) groups is 1. The molecule has 0 spiro atoms. The van der Waals surface area contributed by atoms with E-state index in [0.717, 1.165) is 30.5 Å². The van der Waals surface area contributed by atoms with Gasteiger partial charge in [-0.3, -0.25) is 4.79 Å². The van der Waals surface area contributed by atoms with E-state index in [1.54, 1.807) is 0 Å². The number of aryl methyl sites for hydroxylation is 1. The van der Waals surface area contributed by atoms with E-state index >= 15 is 0 Å². The van der Waals surface area contributed by atoms with Crippen molar-refractivity contribution in [3.8, 4) is 0 Å². The molecule has 3 N–H and O–H groups in total. The summed E-state index contributed by atoms with van der Waals surface area (Å²) in [7, 11) is 0. The zero-order valence-corrected chi connectivity index (χ0v) is 11.7. The van der Waals surface area contributed by atoms with Gasteiger partial charge in [0.05, 0.1) is 6.54 Å². The number of nitrogens with two attached hydrogens (primary N) is 1. The zero-order chi connectivity index (χ0) is 13.9. The molecule has 0 aliphatic carbocycles. The van der Waals surface area contributed by atoms with Crippen LogP contribution in [0.1, 0.15) is 28.0 Å². The molecule has 2 heterocycles. The molecule has 0 atom stereocenters. The smallest absolute Gasteiger partial charge is 0.254 e. The summed E-state index contributed by atoms with van der Waals surface area (Å²) in [5.41, 5.74) is 5.19. The molecule has 0 bridgehead atoms. The van der Waals surface area contributed by atoms with Gasteiger partial charge >= 0.3 is 0 Å². The van der Waals surface area contributed by atoms with Crippen molar-refractivity contribution in [1.29, 1.82) is 0 Å². The Morgan fingerprint density at radius 2 is 2.25 bits per heavy atom. The van der Waals surface area contributed by atoms with E-state index < -0.39 is 0 Å². The molecule has 1 aromatic carbocycles. The van der Waals surface area contributed by atoms with E-state index in [1.165, 1.54) is 11.5 Å².